The highest BCUT2D eigenvalue weighted by Crippen LogP contribution is 2.27. The summed E-state index contributed by atoms with van der Waals surface area (Å²) in [5.41, 5.74) is 1.70. The number of hydrogen-bond donors (Lipinski definition) is 2. The molecule has 0 saturated heterocycles. The Morgan fingerprint density at radius 3 is 2.11 bits per heavy atom. The molecule has 0 saturated carbocycles. The van der Waals surface area contributed by atoms with E-state index in [1.54, 1.807) is 6.07 Å². The Balaban J connectivity index is 0.000000527. The summed E-state index contributed by atoms with van der Waals surface area (Å²) in [5.74, 6) is -3.00. The molecule has 0 aromatic heterocycles. The van der Waals surface area contributed by atoms with Crippen molar-refractivity contribution >= 4 is 11.9 Å². The second-order valence-corrected chi connectivity index (χ2v) is 5.83. The Kier molecular flexibility index (Phi) is 9.06. The third-order valence-corrected chi connectivity index (χ3v) is 3.47. The van der Waals surface area contributed by atoms with E-state index in [4.69, 9.17) is 24.5 Å². The van der Waals surface area contributed by atoms with E-state index in [9.17, 15) is 5.26 Å². The topological polar surface area (TPSA) is 111 Å². The first-order valence-electron chi connectivity index (χ1n) is 8.16. The molecule has 0 aliphatic heterocycles. The van der Waals surface area contributed by atoms with Crippen LogP contribution in [0.15, 0.2) is 54.6 Å². The van der Waals surface area contributed by atoms with Crippen molar-refractivity contribution in [3.05, 3.63) is 65.7 Å². The normalized spacial score (nSPS) is 10.9. The molecule has 142 valence electrons. The molecule has 0 spiro atoms. The number of carbonyl (C=O) groups is 2. The molecule has 2 aromatic carbocycles. The van der Waals surface area contributed by atoms with Crippen LogP contribution >= 0.6 is 0 Å². The number of aliphatic carboxylic acids is 2. The third kappa shape index (κ3) is 8.03. The molecule has 0 radical (unpaired) electrons. The first-order chi connectivity index (χ1) is 12.8. The maximum Gasteiger partial charge on any atom is 0.414 e. The van der Waals surface area contributed by atoms with Gasteiger partial charge in [-0.05, 0) is 31.8 Å². The van der Waals surface area contributed by atoms with Crippen molar-refractivity contribution in [3.63, 3.8) is 0 Å². The summed E-state index contributed by atoms with van der Waals surface area (Å²) < 4.78 is 6.12. The maximum absolute atomic E-state index is 9.18. The molecule has 2 aromatic rings. The van der Waals surface area contributed by atoms with Crippen molar-refractivity contribution in [2.45, 2.75) is 12.5 Å². The first-order valence-corrected chi connectivity index (χ1v) is 8.16. The van der Waals surface area contributed by atoms with Gasteiger partial charge in [-0.3, -0.25) is 0 Å². The summed E-state index contributed by atoms with van der Waals surface area (Å²) >= 11 is 0. The van der Waals surface area contributed by atoms with Gasteiger partial charge in [-0.2, -0.15) is 5.26 Å². The van der Waals surface area contributed by atoms with Crippen molar-refractivity contribution < 1.29 is 24.5 Å². The lowest BCUT2D eigenvalue weighted by Gasteiger charge is -2.22. The second kappa shape index (κ2) is 11.3. The fraction of sp³-hybridized carbons (Fsp3) is 0.250. The van der Waals surface area contributed by atoms with Gasteiger partial charge >= 0.3 is 11.9 Å². The lowest BCUT2D eigenvalue weighted by molar-refractivity contribution is -0.159. The number of para-hydroxylation sites is 1. The molecule has 7 heteroatoms. The summed E-state index contributed by atoms with van der Waals surface area (Å²) in [6, 6.07) is 19.7. The van der Waals surface area contributed by atoms with Crippen molar-refractivity contribution in [2.75, 3.05) is 20.6 Å². The minimum Gasteiger partial charge on any atom is -0.484 e. The average molecular weight is 370 g/mol. The predicted octanol–water partition coefficient (Wildman–Crippen LogP) is 2.79. The minimum absolute atomic E-state index is 0.0527. The van der Waals surface area contributed by atoms with Crippen LogP contribution in [0.4, 0.5) is 0 Å². The van der Waals surface area contributed by atoms with Gasteiger partial charge in [0.15, 0.2) is 0 Å². The Morgan fingerprint density at radius 2 is 1.59 bits per heavy atom. The van der Waals surface area contributed by atoms with Crippen LogP contribution in [-0.2, 0) is 9.59 Å². The number of carboxylic acids is 2. The zero-order chi connectivity index (χ0) is 20.2. The van der Waals surface area contributed by atoms with E-state index in [0.717, 1.165) is 18.5 Å². The molecule has 0 aliphatic carbocycles. The van der Waals surface area contributed by atoms with Crippen molar-refractivity contribution in [1.29, 1.82) is 5.26 Å². The fourth-order valence-electron chi connectivity index (χ4n) is 2.15. The number of nitriles is 1. The van der Waals surface area contributed by atoms with Crippen LogP contribution in [-0.4, -0.2) is 47.7 Å². The van der Waals surface area contributed by atoms with E-state index in [0.29, 0.717) is 11.3 Å². The fourth-order valence-corrected chi connectivity index (χ4v) is 2.15. The maximum atomic E-state index is 9.18. The summed E-state index contributed by atoms with van der Waals surface area (Å²) in [6.07, 6.45) is 0.819. The highest BCUT2D eigenvalue weighted by atomic mass is 16.5. The predicted molar refractivity (Wildman–Crippen MR) is 99.4 cm³/mol. The van der Waals surface area contributed by atoms with E-state index in [2.05, 4.69) is 23.1 Å². The van der Waals surface area contributed by atoms with Gasteiger partial charge in [-0.25, -0.2) is 9.59 Å². The minimum atomic E-state index is -1.82. The molecule has 1 atom stereocenters. The Morgan fingerprint density at radius 1 is 1.04 bits per heavy atom. The molecule has 0 heterocycles. The molecule has 2 rings (SSSR count). The van der Waals surface area contributed by atoms with E-state index >= 15 is 0 Å². The Labute approximate surface area is 158 Å². The standard InChI is InChI=1S/C18H20N2O.C2H2O4/c1-20(2)13-12-18(15-8-4-3-5-9-15)21-17-11-7-6-10-16(17)14-19;3-1(4)2(5)6/h3-11,18H,12-13H2,1-2H3;(H,3,4)(H,5,6)/t18-;/m1./s1. The van der Waals surface area contributed by atoms with Crippen LogP contribution in [0.2, 0.25) is 0 Å². The highest BCUT2D eigenvalue weighted by molar-refractivity contribution is 6.27. The summed E-state index contributed by atoms with van der Waals surface area (Å²) in [4.78, 5) is 20.3. The van der Waals surface area contributed by atoms with Gasteiger partial charge in [0, 0.05) is 13.0 Å². The Hall–Kier alpha value is -3.37. The van der Waals surface area contributed by atoms with E-state index in [1.807, 2.05) is 50.5 Å². The molecular weight excluding hydrogens is 348 g/mol. The summed E-state index contributed by atoms with van der Waals surface area (Å²) in [6.45, 7) is 0.925. The average Bonchev–Trinajstić information content (AvgIpc) is 2.66. The molecule has 2 N–H and O–H groups in total. The summed E-state index contributed by atoms with van der Waals surface area (Å²) in [5, 5.41) is 24.0. The Bertz CT molecular complexity index is 772. The molecule has 0 unspecified atom stereocenters. The van der Waals surface area contributed by atoms with Crippen LogP contribution < -0.4 is 4.74 Å². The van der Waals surface area contributed by atoms with Crippen molar-refractivity contribution in [2.24, 2.45) is 0 Å². The van der Waals surface area contributed by atoms with E-state index in [1.165, 1.54) is 0 Å². The molecule has 0 aliphatic rings. The number of nitrogens with zero attached hydrogens (tertiary/aromatic N) is 2. The summed E-state index contributed by atoms with van der Waals surface area (Å²) in [7, 11) is 4.09. The van der Waals surface area contributed by atoms with E-state index in [-0.39, 0.29) is 6.10 Å². The monoisotopic (exact) mass is 370 g/mol. The SMILES string of the molecule is CN(C)CC[C@@H](Oc1ccccc1C#N)c1ccccc1.O=C(O)C(=O)O. The lowest BCUT2D eigenvalue weighted by Crippen LogP contribution is -2.19. The van der Waals surface area contributed by atoms with Crippen LogP contribution in [0, 0.1) is 11.3 Å². The van der Waals surface area contributed by atoms with Crippen molar-refractivity contribution in [3.8, 4) is 11.8 Å². The number of rotatable bonds is 6. The van der Waals surface area contributed by atoms with Gasteiger partial charge in [-0.1, -0.05) is 42.5 Å². The van der Waals surface area contributed by atoms with Gasteiger partial charge in [-0.15, -0.1) is 0 Å². The van der Waals surface area contributed by atoms with Crippen LogP contribution in [0.1, 0.15) is 23.7 Å². The van der Waals surface area contributed by atoms with Crippen LogP contribution in [0.25, 0.3) is 0 Å². The number of benzene rings is 2. The molecule has 0 fully saturated rings. The number of hydrogen-bond acceptors (Lipinski definition) is 5. The molecule has 27 heavy (non-hydrogen) atoms. The van der Waals surface area contributed by atoms with Crippen LogP contribution in [0.5, 0.6) is 5.75 Å². The van der Waals surface area contributed by atoms with E-state index < -0.39 is 11.9 Å². The molecular formula is C20H22N2O5. The van der Waals surface area contributed by atoms with Gasteiger partial charge in [0.2, 0.25) is 0 Å². The zero-order valence-electron chi connectivity index (χ0n) is 15.2. The quantitative estimate of drug-likeness (QED) is 0.752. The zero-order valence-corrected chi connectivity index (χ0v) is 15.2. The van der Waals surface area contributed by atoms with Crippen LogP contribution in [0.3, 0.4) is 0 Å². The molecule has 0 amide bonds. The van der Waals surface area contributed by atoms with Gasteiger partial charge in [0.05, 0.1) is 5.56 Å². The number of ether oxygens (including phenoxy) is 1. The largest absolute Gasteiger partial charge is 0.484 e. The smallest absolute Gasteiger partial charge is 0.414 e. The van der Waals surface area contributed by atoms with Crippen molar-refractivity contribution in [1.82, 2.24) is 4.90 Å². The third-order valence-electron chi connectivity index (χ3n) is 3.47. The van der Waals surface area contributed by atoms with Gasteiger partial charge in [0.1, 0.15) is 17.9 Å². The first kappa shape index (κ1) is 21.7. The van der Waals surface area contributed by atoms with Gasteiger partial charge < -0.3 is 19.8 Å². The lowest BCUT2D eigenvalue weighted by atomic mass is 10.1. The highest BCUT2D eigenvalue weighted by Gasteiger charge is 2.15. The molecule has 7 nitrogen and oxygen atoms in total. The molecule has 0 bridgehead atoms. The van der Waals surface area contributed by atoms with Gasteiger partial charge in [0.25, 0.3) is 0 Å². The number of carboxylic acid groups (broad SMARTS) is 2. The second-order valence-electron chi connectivity index (χ2n) is 5.83.